The molecule has 1 aromatic carbocycles. The summed E-state index contributed by atoms with van der Waals surface area (Å²) in [4.78, 5) is 0.431. The second-order valence-electron chi connectivity index (χ2n) is 6.24. The summed E-state index contributed by atoms with van der Waals surface area (Å²) in [5, 5.41) is 0. The molecule has 6 heteroatoms. The zero-order valence-corrected chi connectivity index (χ0v) is 15.9. The molecular weight excluding hydrogens is 332 g/mol. The van der Waals surface area contributed by atoms with Crippen molar-refractivity contribution in [2.75, 3.05) is 13.1 Å². The number of halogens is 1. The standard InChI is InChI=1S/C17H28N2O2S.ClH/c1-4-14-6-7-17(12-15(14)5-2)22(20,21)19-10-8-16(9-11-19)13(3)18;/h6-7,12-13,16H,4-5,8-11,18H2,1-3H3;1H. The quantitative estimate of drug-likeness (QED) is 0.877. The van der Waals surface area contributed by atoms with Crippen molar-refractivity contribution >= 4 is 22.4 Å². The first kappa shape index (κ1) is 20.4. The molecular formula is C17H29ClN2O2S. The van der Waals surface area contributed by atoms with Crippen LogP contribution in [0.5, 0.6) is 0 Å². The summed E-state index contributed by atoms with van der Waals surface area (Å²) in [6.45, 7) is 7.32. The van der Waals surface area contributed by atoms with Gasteiger partial charge in [-0.15, -0.1) is 12.4 Å². The molecule has 1 aliphatic heterocycles. The Labute approximate surface area is 146 Å². The average Bonchev–Trinajstić information content (AvgIpc) is 2.54. The Kier molecular flexibility index (Phi) is 7.52. The molecule has 132 valence electrons. The molecule has 1 saturated heterocycles. The first-order chi connectivity index (χ1) is 10.4. The number of nitrogens with zero attached hydrogens (tertiary/aromatic N) is 1. The Bertz CT molecular complexity index is 609. The molecule has 0 radical (unpaired) electrons. The lowest BCUT2D eigenvalue weighted by Gasteiger charge is -2.33. The highest BCUT2D eigenvalue weighted by Crippen LogP contribution is 2.26. The van der Waals surface area contributed by atoms with Crippen molar-refractivity contribution in [1.29, 1.82) is 0 Å². The highest BCUT2D eigenvalue weighted by atomic mass is 35.5. The summed E-state index contributed by atoms with van der Waals surface area (Å²) in [6, 6.07) is 5.71. The van der Waals surface area contributed by atoms with E-state index in [9.17, 15) is 8.42 Å². The van der Waals surface area contributed by atoms with E-state index in [-0.39, 0.29) is 18.4 Å². The zero-order chi connectivity index (χ0) is 16.3. The molecule has 1 aromatic rings. The van der Waals surface area contributed by atoms with Gasteiger partial charge in [0.15, 0.2) is 0 Å². The fourth-order valence-electron chi connectivity index (χ4n) is 3.23. The van der Waals surface area contributed by atoms with E-state index in [1.165, 1.54) is 5.56 Å². The van der Waals surface area contributed by atoms with Crippen LogP contribution < -0.4 is 5.73 Å². The van der Waals surface area contributed by atoms with Crippen LogP contribution >= 0.6 is 12.4 Å². The lowest BCUT2D eigenvalue weighted by Crippen LogP contribution is -2.42. The molecule has 2 N–H and O–H groups in total. The molecule has 0 spiro atoms. The normalized spacial score (nSPS) is 18.4. The van der Waals surface area contributed by atoms with E-state index in [2.05, 4.69) is 13.8 Å². The van der Waals surface area contributed by atoms with Gasteiger partial charge in [0, 0.05) is 19.1 Å². The Balaban J connectivity index is 0.00000264. The third kappa shape index (κ3) is 4.47. The minimum atomic E-state index is -3.38. The summed E-state index contributed by atoms with van der Waals surface area (Å²) in [5.74, 6) is 0.431. The predicted octanol–water partition coefficient (Wildman–Crippen LogP) is 2.98. The van der Waals surface area contributed by atoms with Gasteiger partial charge < -0.3 is 5.73 Å². The lowest BCUT2D eigenvalue weighted by molar-refractivity contribution is 0.250. The first-order valence-electron chi connectivity index (χ1n) is 8.27. The van der Waals surface area contributed by atoms with E-state index < -0.39 is 10.0 Å². The summed E-state index contributed by atoms with van der Waals surface area (Å²) in [5.41, 5.74) is 8.30. The summed E-state index contributed by atoms with van der Waals surface area (Å²) in [6.07, 6.45) is 3.50. The molecule has 1 atom stereocenters. The minimum Gasteiger partial charge on any atom is -0.328 e. The van der Waals surface area contributed by atoms with Gasteiger partial charge in [0.2, 0.25) is 10.0 Å². The Morgan fingerprint density at radius 2 is 1.74 bits per heavy atom. The SMILES string of the molecule is CCc1ccc(S(=O)(=O)N2CCC(C(C)N)CC2)cc1CC.Cl. The maximum Gasteiger partial charge on any atom is 0.243 e. The summed E-state index contributed by atoms with van der Waals surface area (Å²) in [7, 11) is -3.38. The smallest absolute Gasteiger partial charge is 0.243 e. The highest BCUT2D eigenvalue weighted by molar-refractivity contribution is 7.89. The predicted molar refractivity (Wildman–Crippen MR) is 97.6 cm³/mol. The van der Waals surface area contributed by atoms with Gasteiger partial charge in [0.25, 0.3) is 0 Å². The molecule has 0 aliphatic carbocycles. The highest BCUT2D eigenvalue weighted by Gasteiger charge is 2.30. The van der Waals surface area contributed by atoms with Gasteiger partial charge in [-0.3, -0.25) is 0 Å². The number of aryl methyl sites for hydroxylation is 2. The van der Waals surface area contributed by atoms with Crippen LogP contribution in [0, 0.1) is 5.92 Å². The molecule has 4 nitrogen and oxygen atoms in total. The number of nitrogens with two attached hydrogens (primary N) is 1. The summed E-state index contributed by atoms with van der Waals surface area (Å²) >= 11 is 0. The second kappa shape index (κ2) is 8.47. The third-order valence-electron chi connectivity index (χ3n) is 4.82. The zero-order valence-electron chi connectivity index (χ0n) is 14.3. The van der Waals surface area contributed by atoms with Crippen LogP contribution in [0.15, 0.2) is 23.1 Å². The number of rotatable bonds is 5. The Hall–Kier alpha value is -0.620. The van der Waals surface area contributed by atoms with E-state index in [1.54, 1.807) is 10.4 Å². The molecule has 1 unspecified atom stereocenters. The van der Waals surface area contributed by atoms with Gasteiger partial charge in [-0.25, -0.2) is 8.42 Å². The molecule has 0 saturated carbocycles. The maximum atomic E-state index is 12.8. The van der Waals surface area contributed by atoms with Crippen molar-refractivity contribution in [2.24, 2.45) is 11.7 Å². The number of hydrogen-bond acceptors (Lipinski definition) is 3. The fraction of sp³-hybridized carbons (Fsp3) is 0.647. The van der Waals surface area contributed by atoms with E-state index >= 15 is 0 Å². The van der Waals surface area contributed by atoms with Crippen molar-refractivity contribution < 1.29 is 8.42 Å². The monoisotopic (exact) mass is 360 g/mol. The minimum absolute atomic E-state index is 0. The first-order valence-corrected chi connectivity index (χ1v) is 9.71. The topological polar surface area (TPSA) is 63.4 Å². The van der Waals surface area contributed by atoms with Crippen molar-refractivity contribution in [1.82, 2.24) is 4.31 Å². The van der Waals surface area contributed by atoms with E-state index in [4.69, 9.17) is 5.73 Å². The fourth-order valence-corrected chi connectivity index (χ4v) is 4.75. The van der Waals surface area contributed by atoms with Gasteiger partial charge in [-0.2, -0.15) is 4.31 Å². The van der Waals surface area contributed by atoms with Crippen LogP contribution in [-0.4, -0.2) is 31.9 Å². The van der Waals surface area contributed by atoms with Crippen molar-refractivity contribution in [3.63, 3.8) is 0 Å². The van der Waals surface area contributed by atoms with Crippen LogP contribution in [0.25, 0.3) is 0 Å². The van der Waals surface area contributed by atoms with Gasteiger partial charge in [-0.1, -0.05) is 19.9 Å². The van der Waals surface area contributed by atoms with Crippen LogP contribution in [0.4, 0.5) is 0 Å². The van der Waals surface area contributed by atoms with Crippen molar-refractivity contribution in [3.8, 4) is 0 Å². The number of sulfonamides is 1. The van der Waals surface area contributed by atoms with E-state index in [0.717, 1.165) is 31.2 Å². The molecule has 0 aromatic heterocycles. The van der Waals surface area contributed by atoms with Crippen molar-refractivity contribution in [2.45, 2.75) is 57.4 Å². The van der Waals surface area contributed by atoms with Crippen molar-refractivity contribution in [3.05, 3.63) is 29.3 Å². The number of benzene rings is 1. The van der Waals surface area contributed by atoms with E-state index in [0.29, 0.717) is 23.9 Å². The number of piperidine rings is 1. The lowest BCUT2D eigenvalue weighted by atomic mass is 9.92. The number of hydrogen-bond donors (Lipinski definition) is 1. The Morgan fingerprint density at radius 3 is 2.22 bits per heavy atom. The van der Waals surface area contributed by atoms with Crippen LogP contribution in [0.1, 0.15) is 44.7 Å². The van der Waals surface area contributed by atoms with Gasteiger partial charge in [-0.05, 0) is 61.8 Å². The van der Waals surface area contributed by atoms with Gasteiger partial charge >= 0.3 is 0 Å². The molecule has 23 heavy (non-hydrogen) atoms. The van der Waals surface area contributed by atoms with Gasteiger partial charge in [0.05, 0.1) is 4.90 Å². The molecule has 2 rings (SSSR count). The van der Waals surface area contributed by atoms with Crippen LogP contribution in [-0.2, 0) is 22.9 Å². The third-order valence-corrected chi connectivity index (χ3v) is 6.71. The summed E-state index contributed by atoms with van der Waals surface area (Å²) < 4.78 is 27.3. The van der Waals surface area contributed by atoms with E-state index in [1.807, 2.05) is 19.1 Å². The van der Waals surface area contributed by atoms with Crippen LogP contribution in [0.2, 0.25) is 0 Å². The molecule has 1 aliphatic rings. The maximum absolute atomic E-state index is 12.8. The second-order valence-corrected chi connectivity index (χ2v) is 8.18. The Morgan fingerprint density at radius 1 is 1.17 bits per heavy atom. The average molecular weight is 361 g/mol. The van der Waals surface area contributed by atoms with Gasteiger partial charge in [0.1, 0.15) is 0 Å². The molecule has 0 bridgehead atoms. The molecule has 1 heterocycles. The largest absolute Gasteiger partial charge is 0.328 e. The molecule has 1 fully saturated rings. The van der Waals surface area contributed by atoms with Crippen LogP contribution in [0.3, 0.4) is 0 Å². The molecule has 0 amide bonds.